The maximum atomic E-state index is 12.1. The van der Waals surface area contributed by atoms with Gasteiger partial charge >= 0.3 is 0 Å². The lowest BCUT2D eigenvalue weighted by molar-refractivity contribution is 0.0951. The molecule has 0 bridgehead atoms. The Morgan fingerprint density at radius 3 is 3.05 bits per heavy atom. The lowest BCUT2D eigenvalue weighted by atomic mass is 10.2. The van der Waals surface area contributed by atoms with Gasteiger partial charge in [0.2, 0.25) is 0 Å². The first-order valence-electron chi connectivity index (χ1n) is 6.06. The van der Waals surface area contributed by atoms with Crippen LogP contribution in [0.4, 0.5) is 0 Å². The van der Waals surface area contributed by atoms with Crippen molar-refractivity contribution in [2.45, 2.75) is 6.54 Å². The minimum absolute atomic E-state index is 0.111. The van der Waals surface area contributed by atoms with Crippen molar-refractivity contribution in [1.29, 1.82) is 0 Å². The normalized spacial score (nSPS) is 10.4. The molecule has 0 aliphatic carbocycles. The van der Waals surface area contributed by atoms with Crippen molar-refractivity contribution in [1.82, 2.24) is 19.9 Å². The molecular weight excluding hydrogens is 272 g/mol. The number of nitrogens with zero attached hydrogens (tertiary/aromatic N) is 3. The maximum Gasteiger partial charge on any atom is 0.251 e. The minimum Gasteiger partial charge on any atom is -0.348 e. The molecule has 0 aliphatic heterocycles. The quantitative estimate of drug-likeness (QED) is 0.799. The lowest BCUT2D eigenvalue weighted by Gasteiger charge is -2.06. The first-order valence-corrected chi connectivity index (χ1v) is 7.01. The summed E-state index contributed by atoms with van der Waals surface area (Å²) in [6.07, 6.45) is 6.73. The van der Waals surface area contributed by atoms with E-state index in [1.165, 1.54) is 0 Å². The molecule has 0 aliphatic rings. The second kappa shape index (κ2) is 5.66. The summed E-state index contributed by atoms with van der Waals surface area (Å²) in [7, 11) is 0. The fourth-order valence-corrected chi connectivity index (χ4v) is 2.44. The molecule has 100 valence electrons. The topological polar surface area (TPSA) is 59.8 Å². The highest BCUT2D eigenvalue weighted by atomic mass is 32.1. The van der Waals surface area contributed by atoms with Crippen LogP contribution in [0.15, 0.2) is 53.9 Å². The summed E-state index contributed by atoms with van der Waals surface area (Å²) in [6, 6.07) is 5.43. The summed E-state index contributed by atoms with van der Waals surface area (Å²) in [4.78, 5) is 20.3. The largest absolute Gasteiger partial charge is 0.348 e. The van der Waals surface area contributed by atoms with Crippen LogP contribution in [0, 0.1) is 0 Å². The highest BCUT2D eigenvalue weighted by Crippen LogP contribution is 2.08. The Balaban J connectivity index is 1.73. The van der Waals surface area contributed by atoms with Gasteiger partial charge in [-0.2, -0.15) is 11.3 Å². The molecule has 0 atom stereocenters. The van der Waals surface area contributed by atoms with Gasteiger partial charge in [0.25, 0.3) is 5.91 Å². The number of nitrogens with one attached hydrogen (secondary N) is 1. The molecule has 1 N–H and O–H groups in total. The molecule has 0 saturated carbocycles. The van der Waals surface area contributed by atoms with Crippen molar-refractivity contribution in [3.05, 3.63) is 65.0 Å². The van der Waals surface area contributed by atoms with Gasteiger partial charge in [-0.05, 0) is 34.5 Å². The molecule has 3 aromatic heterocycles. The number of carbonyl (C=O) groups excluding carboxylic acids is 1. The fourth-order valence-electron chi connectivity index (χ4n) is 1.77. The second-order valence-corrected chi connectivity index (χ2v) is 4.97. The van der Waals surface area contributed by atoms with Crippen molar-refractivity contribution in [3.8, 4) is 5.82 Å². The molecule has 6 heteroatoms. The number of amides is 1. The molecule has 3 aromatic rings. The Labute approximate surface area is 119 Å². The van der Waals surface area contributed by atoms with Crippen LogP contribution in [0.3, 0.4) is 0 Å². The molecule has 3 heterocycles. The van der Waals surface area contributed by atoms with Crippen LogP contribution in [0.5, 0.6) is 0 Å². The van der Waals surface area contributed by atoms with Crippen molar-refractivity contribution in [2.24, 2.45) is 0 Å². The molecule has 20 heavy (non-hydrogen) atoms. The summed E-state index contributed by atoms with van der Waals surface area (Å²) in [6.45, 7) is 0.533. The number of hydrogen-bond donors (Lipinski definition) is 1. The van der Waals surface area contributed by atoms with Gasteiger partial charge in [0.15, 0.2) is 0 Å². The third kappa shape index (κ3) is 2.75. The number of imidazole rings is 1. The van der Waals surface area contributed by atoms with Crippen molar-refractivity contribution in [3.63, 3.8) is 0 Å². The summed E-state index contributed by atoms with van der Waals surface area (Å²) >= 11 is 1.62. The highest BCUT2D eigenvalue weighted by Gasteiger charge is 2.07. The number of thiophene rings is 1. The molecular formula is C14H12N4OS. The number of carbonyl (C=O) groups is 1. The predicted octanol–water partition coefficient (Wildman–Crippen LogP) is 2.26. The Morgan fingerprint density at radius 2 is 2.30 bits per heavy atom. The average molecular weight is 284 g/mol. The van der Waals surface area contributed by atoms with E-state index in [0.717, 1.165) is 5.56 Å². The number of hydrogen-bond acceptors (Lipinski definition) is 4. The molecule has 0 spiro atoms. The van der Waals surface area contributed by atoms with Gasteiger partial charge in [0.05, 0.1) is 0 Å². The zero-order valence-electron chi connectivity index (χ0n) is 10.6. The Hall–Kier alpha value is -2.47. The van der Waals surface area contributed by atoms with E-state index in [9.17, 15) is 4.79 Å². The summed E-state index contributed by atoms with van der Waals surface area (Å²) in [5.74, 6) is 0.561. The first-order chi connectivity index (χ1) is 9.83. The molecule has 0 fully saturated rings. The molecule has 1 amide bonds. The van der Waals surface area contributed by atoms with E-state index in [0.29, 0.717) is 17.9 Å². The van der Waals surface area contributed by atoms with Crippen LogP contribution in [0.2, 0.25) is 0 Å². The van der Waals surface area contributed by atoms with E-state index >= 15 is 0 Å². The standard InChI is InChI=1S/C14H12N4OS/c19-14(17-8-11-2-6-20-9-11)12-1-3-16-13(7-12)18-5-4-15-10-18/h1-7,9-10H,8H2,(H,17,19). The van der Waals surface area contributed by atoms with E-state index in [1.54, 1.807) is 53.0 Å². The summed E-state index contributed by atoms with van der Waals surface area (Å²) in [5, 5.41) is 6.90. The van der Waals surface area contributed by atoms with Gasteiger partial charge in [-0.3, -0.25) is 9.36 Å². The van der Waals surface area contributed by atoms with Crippen LogP contribution in [0.25, 0.3) is 5.82 Å². The van der Waals surface area contributed by atoms with Crippen molar-refractivity contribution in [2.75, 3.05) is 0 Å². The minimum atomic E-state index is -0.111. The zero-order valence-corrected chi connectivity index (χ0v) is 11.4. The van der Waals surface area contributed by atoms with Crippen LogP contribution in [-0.2, 0) is 6.54 Å². The third-order valence-electron chi connectivity index (χ3n) is 2.81. The third-order valence-corrected chi connectivity index (χ3v) is 3.54. The Bertz CT molecular complexity index is 692. The maximum absolute atomic E-state index is 12.1. The fraction of sp³-hybridized carbons (Fsp3) is 0.0714. The number of pyridine rings is 1. The van der Waals surface area contributed by atoms with Gasteiger partial charge in [-0.1, -0.05) is 0 Å². The second-order valence-electron chi connectivity index (χ2n) is 4.19. The van der Waals surface area contributed by atoms with Gasteiger partial charge in [-0.15, -0.1) is 0 Å². The van der Waals surface area contributed by atoms with Crippen molar-refractivity contribution < 1.29 is 4.79 Å². The SMILES string of the molecule is O=C(NCc1ccsc1)c1ccnc(-n2ccnc2)c1. The highest BCUT2D eigenvalue weighted by molar-refractivity contribution is 7.07. The average Bonchev–Trinajstić information content (AvgIpc) is 3.18. The zero-order chi connectivity index (χ0) is 13.8. The molecule has 0 aromatic carbocycles. The monoisotopic (exact) mass is 284 g/mol. The van der Waals surface area contributed by atoms with Crippen LogP contribution in [0.1, 0.15) is 15.9 Å². The summed E-state index contributed by atoms with van der Waals surface area (Å²) < 4.78 is 1.76. The molecule has 3 rings (SSSR count). The van der Waals surface area contributed by atoms with E-state index in [-0.39, 0.29) is 5.91 Å². The lowest BCUT2D eigenvalue weighted by Crippen LogP contribution is -2.22. The van der Waals surface area contributed by atoms with E-state index in [1.807, 2.05) is 16.8 Å². The molecule has 0 saturated heterocycles. The van der Waals surface area contributed by atoms with E-state index < -0.39 is 0 Å². The van der Waals surface area contributed by atoms with Gasteiger partial charge in [0, 0.05) is 30.7 Å². The van der Waals surface area contributed by atoms with Crippen LogP contribution < -0.4 is 5.32 Å². The van der Waals surface area contributed by atoms with Gasteiger partial charge in [-0.25, -0.2) is 9.97 Å². The molecule has 0 unspecified atom stereocenters. The Morgan fingerprint density at radius 1 is 1.35 bits per heavy atom. The van der Waals surface area contributed by atoms with E-state index in [4.69, 9.17) is 0 Å². The van der Waals surface area contributed by atoms with Crippen LogP contribution >= 0.6 is 11.3 Å². The van der Waals surface area contributed by atoms with Crippen molar-refractivity contribution >= 4 is 17.2 Å². The number of aromatic nitrogens is 3. The van der Waals surface area contributed by atoms with Gasteiger partial charge in [0.1, 0.15) is 12.1 Å². The molecule has 0 radical (unpaired) electrons. The first kappa shape index (κ1) is 12.6. The van der Waals surface area contributed by atoms with Gasteiger partial charge < -0.3 is 5.32 Å². The predicted molar refractivity (Wildman–Crippen MR) is 76.8 cm³/mol. The number of rotatable bonds is 4. The smallest absolute Gasteiger partial charge is 0.251 e. The van der Waals surface area contributed by atoms with Crippen LogP contribution in [-0.4, -0.2) is 20.4 Å². The van der Waals surface area contributed by atoms with E-state index in [2.05, 4.69) is 15.3 Å². The summed E-state index contributed by atoms with van der Waals surface area (Å²) in [5.41, 5.74) is 1.69. The Kier molecular flexibility index (Phi) is 3.56. The molecule has 5 nitrogen and oxygen atoms in total.